The van der Waals surface area contributed by atoms with Gasteiger partial charge in [0.15, 0.2) is 18.1 Å². The Morgan fingerprint density at radius 3 is 2.47 bits per heavy atom. The topological polar surface area (TPSA) is 101 Å². The van der Waals surface area contributed by atoms with E-state index in [1.54, 1.807) is 18.2 Å². The summed E-state index contributed by atoms with van der Waals surface area (Å²) < 4.78 is 12.2. The molecular weight excluding hydrogens is 547 g/mol. The van der Waals surface area contributed by atoms with Crippen molar-refractivity contribution in [2.45, 2.75) is 13.8 Å². The number of para-hydroxylation sites is 2. The van der Waals surface area contributed by atoms with Gasteiger partial charge in [0.2, 0.25) is 0 Å². The first-order valence-corrected chi connectivity index (χ1v) is 11.6. The van der Waals surface area contributed by atoms with Gasteiger partial charge in [-0.2, -0.15) is 5.10 Å². The Bertz CT molecular complexity index is 1170. The van der Waals surface area contributed by atoms with Gasteiger partial charge in [-0.05, 0) is 77.9 Å². The van der Waals surface area contributed by atoms with E-state index >= 15 is 0 Å². The van der Waals surface area contributed by atoms with E-state index in [4.69, 9.17) is 9.47 Å². The smallest absolute Gasteiger partial charge is 0.339 e. The van der Waals surface area contributed by atoms with Crippen molar-refractivity contribution in [2.75, 3.05) is 23.8 Å². The van der Waals surface area contributed by atoms with E-state index in [1.807, 2.05) is 62.4 Å². The fraction of sp³-hybridized carbons (Fsp3) is 0.160. The monoisotopic (exact) mass is 572 g/mol. The van der Waals surface area contributed by atoms with E-state index in [2.05, 4.69) is 43.8 Å². The number of halogens is 1. The van der Waals surface area contributed by atoms with Crippen LogP contribution in [0.3, 0.4) is 0 Å². The minimum Gasteiger partial charge on any atom is -0.490 e. The fourth-order valence-corrected chi connectivity index (χ4v) is 3.73. The zero-order valence-electron chi connectivity index (χ0n) is 18.8. The normalized spacial score (nSPS) is 10.6. The van der Waals surface area contributed by atoms with E-state index in [0.717, 1.165) is 9.13 Å². The molecule has 3 N–H and O–H groups in total. The van der Waals surface area contributed by atoms with E-state index in [9.17, 15) is 9.59 Å². The van der Waals surface area contributed by atoms with Gasteiger partial charge in [0.05, 0.1) is 16.4 Å². The molecule has 3 rings (SSSR count). The van der Waals surface area contributed by atoms with Gasteiger partial charge in [-0.25, -0.2) is 10.2 Å². The lowest BCUT2D eigenvalue weighted by molar-refractivity contribution is -0.118. The molecule has 8 nitrogen and oxygen atoms in total. The highest BCUT2D eigenvalue weighted by atomic mass is 127. The highest BCUT2D eigenvalue weighted by molar-refractivity contribution is 14.1. The summed E-state index contributed by atoms with van der Waals surface area (Å²) in [5.74, 6) is 0.666. The number of aryl methyl sites for hydroxylation is 1. The summed E-state index contributed by atoms with van der Waals surface area (Å²) in [6, 6.07) is 19.7. The lowest BCUT2D eigenvalue weighted by atomic mass is 10.2. The van der Waals surface area contributed by atoms with Crippen LogP contribution in [-0.2, 0) is 4.79 Å². The van der Waals surface area contributed by atoms with Crippen LogP contribution in [0.5, 0.6) is 11.5 Å². The third-order valence-corrected chi connectivity index (χ3v) is 5.31. The number of hydrogen-bond donors (Lipinski definition) is 3. The molecule has 0 aromatic heterocycles. The molecule has 0 spiro atoms. The minimum atomic E-state index is -0.449. The largest absolute Gasteiger partial charge is 0.490 e. The van der Waals surface area contributed by atoms with Crippen molar-refractivity contribution in [1.29, 1.82) is 0 Å². The van der Waals surface area contributed by atoms with Gasteiger partial charge in [-0.15, -0.1) is 0 Å². The molecule has 0 heterocycles. The predicted molar refractivity (Wildman–Crippen MR) is 142 cm³/mol. The first-order chi connectivity index (χ1) is 16.5. The molecule has 34 heavy (non-hydrogen) atoms. The van der Waals surface area contributed by atoms with E-state index < -0.39 is 6.03 Å². The Kier molecular flexibility index (Phi) is 9.27. The summed E-state index contributed by atoms with van der Waals surface area (Å²) in [7, 11) is 0. The number of amides is 3. The number of benzene rings is 3. The van der Waals surface area contributed by atoms with E-state index in [1.165, 1.54) is 6.21 Å². The van der Waals surface area contributed by atoms with Crippen LogP contribution in [0, 0.1) is 10.5 Å². The molecule has 0 saturated heterocycles. The molecule has 0 saturated carbocycles. The molecule has 0 bridgehead atoms. The Morgan fingerprint density at radius 2 is 1.74 bits per heavy atom. The van der Waals surface area contributed by atoms with Crippen molar-refractivity contribution in [3.8, 4) is 11.5 Å². The van der Waals surface area contributed by atoms with Crippen LogP contribution < -0.4 is 25.5 Å². The zero-order valence-corrected chi connectivity index (χ0v) is 21.0. The molecule has 3 amide bonds. The van der Waals surface area contributed by atoms with Crippen molar-refractivity contribution in [2.24, 2.45) is 5.10 Å². The molecule has 176 valence electrons. The Labute approximate surface area is 211 Å². The molecule has 0 radical (unpaired) electrons. The molecule has 0 aliphatic rings. The van der Waals surface area contributed by atoms with Crippen LogP contribution in [0.1, 0.15) is 18.1 Å². The number of urea groups is 1. The molecule has 0 aliphatic heterocycles. The SMILES string of the molecule is CCOc1cc(C=NNC(=O)Nc2ccccc2C)cc(I)c1OCC(=O)Nc1ccccc1. The van der Waals surface area contributed by atoms with Gasteiger partial charge in [0, 0.05) is 11.4 Å². The number of anilines is 2. The predicted octanol–water partition coefficient (Wildman–Crippen LogP) is 5.17. The maximum atomic E-state index is 12.2. The number of nitrogens with zero attached hydrogens (tertiary/aromatic N) is 1. The summed E-state index contributed by atoms with van der Waals surface area (Å²) in [5.41, 5.74) is 5.50. The lowest BCUT2D eigenvalue weighted by Crippen LogP contribution is -2.24. The van der Waals surface area contributed by atoms with Gasteiger partial charge < -0.3 is 20.1 Å². The molecular formula is C25H25IN4O4. The Balaban J connectivity index is 1.62. The van der Waals surface area contributed by atoms with Crippen LogP contribution in [0.15, 0.2) is 71.8 Å². The summed E-state index contributed by atoms with van der Waals surface area (Å²) in [4.78, 5) is 24.3. The average molecular weight is 572 g/mol. The number of rotatable bonds is 9. The Hall–Kier alpha value is -3.60. The van der Waals surface area contributed by atoms with E-state index in [0.29, 0.717) is 35.0 Å². The first kappa shape index (κ1) is 25.0. The molecule has 3 aromatic carbocycles. The standard InChI is InChI=1S/C25H25IN4O4/c1-3-33-22-14-18(15-27-30-25(32)29-21-12-8-7-9-17(21)2)13-20(26)24(22)34-16-23(31)28-19-10-5-4-6-11-19/h4-15H,3,16H2,1-2H3,(H,28,31)(H2,29,30,32). The number of ether oxygens (including phenoxy) is 2. The first-order valence-electron chi connectivity index (χ1n) is 10.6. The van der Waals surface area contributed by atoms with Gasteiger partial charge in [-0.1, -0.05) is 36.4 Å². The molecule has 3 aromatic rings. The molecule has 0 unspecified atom stereocenters. The van der Waals surface area contributed by atoms with Gasteiger partial charge in [0.25, 0.3) is 5.91 Å². The van der Waals surface area contributed by atoms with Gasteiger partial charge in [-0.3, -0.25) is 4.79 Å². The van der Waals surface area contributed by atoms with Crippen LogP contribution in [-0.4, -0.2) is 31.4 Å². The second-order valence-electron chi connectivity index (χ2n) is 7.10. The third kappa shape index (κ3) is 7.48. The van der Waals surface area contributed by atoms with Crippen molar-refractivity contribution < 1.29 is 19.1 Å². The number of nitrogens with one attached hydrogen (secondary N) is 3. The van der Waals surface area contributed by atoms with Crippen molar-refractivity contribution in [3.05, 3.63) is 81.4 Å². The molecule has 0 fully saturated rings. The maximum Gasteiger partial charge on any atom is 0.339 e. The van der Waals surface area contributed by atoms with Crippen LogP contribution in [0.25, 0.3) is 0 Å². The quantitative estimate of drug-likeness (QED) is 0.187. The maximum absolute atomic E-state index is 12.2. The minimum absolute atomic E-state index is 0.168. The number of hydrazone groups is 1. The molecule has 9 heteroatoms. The second-order valence-corrected chi connectivity index (χ2v) is 8.27. The highest BCUT2D eigenvalue weighted by Crippen LogP contribution is 2.34. The molecule has 0 atom stereocenters. The zero-order chi connectivity index (χ0) is 24.3. The fourth-order valence-electron chi connectivity index (χ4n) is 2.95. The van der Waals surface area contributed by atoms with Crippen molar-refractivity contribution in [3.63, 3.8) is 0 Å². The summed E-state index contributed by atoms with van der Waals surface area (Å²) in [6.45, 7) is 4.02. The van der Waals surface area contributed by atoms with Crippen molar-refractivity contribution >= 4 is 52.1 Å². The third-order valence-electron chi connectivity index (χ3n) is 4.51. The van der Waals surface area contributed by atoms with Crippen LogP contribution >= 0.6 is 22.6 Å². The van der Waals surface area contributed by atoms with Gasteiger partial charge >= 0.3 is 6.03 Å². The number of carbonyl (C=O) groups excluding carboxylic acids is 2. The highest BCUT2D eigenvalue weighted by Gasteiger charge is 2.14. The van der Waals surface area contributed by atoms with E-state index in [-0.39, 0.29) is 12.5 Å². The summed E-state index contributed by atoms with van der Waals surface area (Å²) >= 11 is 2.11. The van der Waals surface area contributed by atoms with Crippen LogP contribution in [0.4, 0.5) is 16.2 Å². The lowest BCUT2D eigenvalue weighted by Gasteiger charge is -2.14. The molecule has 0 aliphatic carbocycles. The van der Waals surface area contributed by atoms with Crippen molar-refractivity contribution in [1.82, 2.24) is 5.43 Å². The summed E-state index contributed by atoms with van der Waals surface area (Å²) in [6.07, 6.45) is 1.51. The number of carbonyl (C=O) groups is 2. The summed E-state index contributed by atoms with van der Waals surface area (Å²) in [5, 5.41) is 9.53. The van der Waals surface area contributed by atoms with Gasteiger partial charge in [0.1, 0.15) is 0 Å². The average Bonchev–Trinajstić information content (AvgIpc) is 2.81. The Morgan fingerprint density at radius 1 is 1.00 bits per heavy atom. The van der Waals surface area contributed by atoms with Crippen LogP contribution in [0.2, 0.25) is 0 Å². The second kappa shape index (κ2) is 12.6. The number of hydrogen-bond acceptors (Lipinski definition) is 5.